The molecule has 1 heterocycles. The van der Waals surface area contributed by atoms with Crippen LogP contribution in [0.4, 0.5) is 5.13 Å². The van der Waals surface area contributed by atoms with Gasteiger partial charge in [-0.3, -0.25) is 14.9 Å². The van der Waals surface area contributed by atoms with Crippen molar-refractivity contribution in [1.29, 1.82) is 0 Å². The van der Waals surface area contributed by atoms with Crippen LogP contribution < -0.4 is 5.32 Å². The Hall–Kier alpha value is -3.05. The monoisotopic (exact) mass is 334 g/mol. The lowest BCUT2D eigenvalue weighted by Gasteiger charge is -2.03. The van der Waals surface area contributed by atoms with Crippen LogP contribution >= 0.6 is 11.3 Å². The summed E-state index contributed by atoms with van der Waals surface area (Å²) in [7, 11) is 0. The maximum Gasteiger partial charge on any atom is 0.257 e. The van der Waals surface area contributed by atoms with Gasteiger partial charge in [0.1, 0.15) is 0 Å². The molecular weight excluding hydrogens is 320 g/mol. The number of carbonyl (C=O) groups is 2. The predicted molar refractivity (Wildman–Crippen MR) is 96.3 cm³/mol. The first-order valence-corrected chi connectivity index (χ1v) is 8.19. The maximum absolute atomic E-state index is 12.3. The van der Waals surface area contributed by atoms with E-state index >= 15 is 0 Å². The van der Waals surface area contributed by atoms with Gasteiger partial charge in [-0.1, -0.05) is 48.5 Å². The lowest BCUT2D eigenvalue weighted by Crippen LogP contribution is -2.12. The normalized spacial score (nSPS) is 10.7. The summed E-state index contributed by atoms with van der Waals surface area (Å²) >= 11 is 1.34. The van der Waals surface area contributed by atoms with Gasteiger partial charge in [-0.05, 0) is 23.8 Å². The highest BCUT2D eigenvalue weighted by Gasteiger charge is 2.10. The van der Waals surface area contributed by atoms with E-state index < -0.39 is 0 Å². The number of hydrogen-bond donors (Lipinski definition) is 1. The van der Waals surface area contributed by atoms with Crippen LogP contribution in [0.25, 0.3) is 6.08 Å². The van der Waals surface area contributed by atoms with Crippen LogP contribution in [0.3, 0.4) is 0 Å². The minimum absolute atomic E-state index is 0.150. The molecule has 0 aliphatic heterocycles. The molecule has 0 aliphatic carbocycles. The van der Waals surface area contributed by atoms with Crippen LogP contribution in [-0.2, 0) is 0 Å². The third-order valence-corrected chi connectivity index (χ3v) is 3.98. The zero-order valence-electron chi connectivity index (χ0n) is 12.7. The van der Waals surface area contributed by atoms with Gasteiger partial charge in [0.2, 0.25) is 0 Å². The van der Waals surface area contributed by atoms with Crippen molar-refractivity contribution in [2.45, 2.75) is 0 Å². The largest absolute Gasteiger partial charge is 0.298 e. The summed E-state index contributed by atoms with van der Waals surface area (Å²) in [6.45, 7) is 0. The van der Waals surface area contributed by atoms with Gasteiger partial charge in [-0.15, -0.1) is 11.3 Å². The molecular formula is C19H14N2O2S. The molecule has 0 atom stereocenters. The van der Waals surface area contributed by atoms with E-state index in [4.69, 9.17) is 0 Å². The summed E-state index contributed by atoms with van der Waals surface area (Å²) in [5.41, 5.74) is 1.83. The van der Waals surface area contributed by atoms with Crippen molar-refractivity contribution < 1.29 is 9.59 Å². The SMILES string of the molecule is O=C(C=Cc1ccccc1)c1cccc(C(=O)Nc2nccs2)c1. The topological polar surface area (TPSA) is 59.1 Å². The molecule has 0 fully saturated rings. The number of allylic oxidation sites excluding steroid dienone is 1. The van der Waals surface area contributed by atoms with Crippen molar-refractivity contribution in [3.05, 3.63) is 88.9 Å². The summed E-state index contributed by atoms with van der Waals surface area (Å²) in [4.78, 5) is 28.5. The Kier molecular flexibility index (Phi) is 4.93. The van der Waals surface area contributed by atoms with Crippen molar-refractivity contribution in [2.24, 2.45) is 0 Å². The molecule has 1 N–H and O–H groups in total. The number of anilines is 1. The number of nitrogens with one attached hydrogen (secondary N) is 1. The molecule has 24 heavy (non-hydrogen) atoms. The van der Waals surface area contributed by atoms with E-state index in [0.29, 0.717) is 16.3 Å². The molecule has 0 unspecified atom stereocenters. The molecule has 0 aliphatic rings. The summed E-state index contributed by atoms with van der Waals surface area (Å²) in [5, 5.41) is 5.01. The molecule has 0 saturated heterocycles. The molecule has 4 nitrogen and oxygen atoms in total. The van der Waals surface area contributed by atoms with Gasteiger partial charge in [0, 0.05) is 22.7 Å². The number of nitrogens with zero attached hydrogens (tertiary/aromatic N) is 1. The highest BCUT2D eigenvalue weighted by molar-refractivity contribution is 7.13. The fourth-order valence-corrected chi connectivity index (χ4v) is 2.62. The van der Waals surface area contributed by atoms with Gasteiger partial charge < -0.3 is 0 Å². The summed E-state index contributed by atoms with van der Waals surface area (Å²) in [5.74, 6) is -0.436. The van der Waals surface area contributed by atoms with Gasteiger partial charge >= 0.3 is 0 Å². The first-order chi connectivity index (χ1) is 11.7. The number of rotatable bonds is 5. The molecule has 0 saturated carbocycles. The Morgan fingerprint density at radius 3 is 2.54 bits per heavy atom. The van der Waals surface area contributed by atoms with Crippen LogP contribution in [0.2, 0.25) is 0 Å². The smallest absolute Gasteiger partial charge is 0.257 e. The number of aromatic nitrogens is 1. The summed E-state index contributed by atoms with van der Waals surface area (Å²) in [6, 6.07) is 16.2. The average molecular weight is 334 g/mol. The second kappa shape index (κ2) is 7.48. The van der Waals surface area contributed by atoms with E-state index in [1.54, 1.807) is 41.9 Å². The Morgan fingerprint density at radius 1 is 1.00 bits per heavy atom. The van der Waals surface area contributed by atoms with Crippen molar-refractivity contribution in [3.63, 3.8) is 0 Å². The molecule has 3 rings (SSSR count). The Labute approximate surface area is 143 Å². The van der Waals surface area contributed by atoms with Crippen LogP contribution in [0.1, 0.15) is 26.3 Å². The number of thiazole rings is 1. The first-order valence-electron chi connectivity index (χ1n) is 7.31. The Morgan fingerprint density at radius 2 is 1.79 bits per heavy atom. The third kappa shape index (κ3) is 4.02. The quantitative estimate of drug-likeness (QED) is 0.559. The Balaban J connectivity index is 1.73. The Bertz CT molecular complexity index is 871. The number of amides is 1. The van der Waals surface area contributed by atoms with Gasteiger partial charge in [0.05, 0.1) is 0 Å². The van der Waals surface area contributed by atoms with E-state index in [0.717, 1.165) is 5.56 Å². The molecule has 1 aromatic heterocycles. The van der Waals surface area contributed by atoms with Gasteiger partial charge in [-0.25, -0.2) is 4.98 Å². The fourth-order valence-electron chi connectivity index (χ4n) is 2.10. The highest BCUT2D eigenvalue weighted by Crippen LogP contribution is 2.14. The zero-order chi connectivity index (χ0) is 16.8. The minimum atomic E-state index is -0.286. The van der Waals surface area contributed by atoms with Gasteiger partial charge in [0.25, 0.3) is 5.91 Å². The fraction of sp³-hybridized carbons (Fsp3) is 0. The lowest BCUT2D eigenvalue weighted by molar-refractivity contribution is 0.102. The lowest BCUT2D eigenvalue weighted by atomic mass is 10.1. The number of carbonyl (C=O) groups excluding carboxylic acids is 2. The molecule has 0 spiro atoms. The number of ketones is 1. The van der Waals surface area contributed by atoms with E-state index in [9.17, 15) is 9.59 Å². The minimum Gasteiger partial charge on any atom is -0.298 e. The number of benzene rings is 2. The van der Waals surface area contributed by atoms with E-state index in [1.165, 1.54) is 17.4 Å². The van der Waals surface area contributed by atoms with Crippen molar-refractivity contribution in [3.8, 4) is 0 Å². The third-order valence-electron chi connectivity index (χ3n) is 3.29. The molecule has 3 aromatic rings. The molecule has 5 heteroatoms. The standard InChI is InChI=1S/C19H14N2O2S/c22-17(10-9-14-5-2-1-3-6-14)15-7-4-8-16(13-15)18(23)21-19-20-11-12-24-19/h1-13H,(H,20,21,23). The molecule has 0 radical (unpaired) electrons. The molecule has 1 amide bonds. The van der Waals surface area contributed by atoms with Crippen LogP contribution in [0, 0.1) is 0 Å². The van der Waals surface area contributed by atoms with E-state index in [-0.39, 0.29) is 11.7 Å². The molecule has 118 valence electrons. The van der Waals surface area contributed by atoms with Crippen LogP contribution in [0.15, 0.2) is 72.3 Å². The van der Waals surface area contributed by atoms with Crippen molar-refractivity contribution >= 4 is 34.2 Å². The number of hydrogen-bond acceptors (Lipinski definition) is 4. The van der Waals surface area contributed by atoms with Gasteiger partial charge in [-0.2, -0.15) is 0 Å². The highest BCUT2D eigenvalue weighted by atomic mass is 32.1. The average Bonchev–Trinajstić information content (AvgIpc) is 3.13. The zero-order valence-corrected chi connectivity index (χ0v) is 13.5. The van der Waals surface area contributed by atoms with Crippen molar-refractivity contribution in [1.82, 2.24) is 4.98 Å². The van der Waals surface area contributed by atoms with E-state index in [1.807, 2.05) is 30.3 Å². The van der Waals surface area contributed by atoms with Crippen molar-refractivity contribution in [2.75, 3.05) is 5.32 Å². The van der Waals surface area contributed by atoms with Crippen LogP contribution in [-0.4, -0.2) is 16.7 Å². The van der Waals surface area contributed by atoms with Crippen LogP contribution in [0.5, 0.6) is 0 Å². The predicted octanol–water partition coefficient (Wildman–Crippen LogP) is 4.29. The second-order valence-electron chi connectivity index (χ2n) is 4.98. The summed E-state index contributed by atoms with van der Waals surface area (Å²) < 4.78 is 0. The maximum atomic E-state index is 12.3. The second-order valence-corrected chi connectivity index (χ2v) is 5.88. The first kappa shape index (κ1) is 15.8. The summed E-state index contributed by atoms with van der Waals surface area (Å²) in [6.07, 6.45) is 4.88. The van der Waals surface area contributed by atoms with E-state index in [2.05, 4.69) is 10.3 Å². The molecule has 0 bridgehead atoms. The van der Waals surface area contributed by atoms with Gasteiger partial charge in [0.15, 0.2) is 10.9 Å². The molecule has 2 aromatic carbocycles.